The van der Waals surface area contributed by atoms with E-state index >= 15 is 0 Å². The van der Waals surface area contributed by atoms with Crippen LogP contribution in [0.15, 0.2) is 58.3 Å². The van der Waals surface area contributed by atoms with Crippen molar-refractivity contribution in [2.24, 2.45) is 0 Å². The Labute approximate surface area is 154 Å². The summed E-state index contributed by atoms with van der Waals surface area (Å²) in [6.07, 6.45) is 1.94. The first-order chi connectivity index (χ1) is 12.6. The molecule has 4 rings (SSSR count). The highest BCUT2D eigenvalue weighted by Gasteiger charge is 2.18. The third-order valence-electron chi connectivity index (χ3n) is 3.99. The molecular formula is C19H16N4O2S. The first-order valence-electron chi connectivity index (χ1n) is 8.12. The van der Waals surface area contributed by atoms with Gasteiger partial charge in [-0.3, -0.25) is 9.20 Å². The van der Waals surface area contributed by atoms with Crippen molar-refractivity contribution >= 4 is 23.2 Å². The molecule has 3 aromatic heterocycles. The quantitative estimate of drug-likeness (QED) is 0.394. The number of benzene rings is 1. The number of hydrogen-bond acceptors (Lipinski definition) is 6. The first kappa shape index (κ1) is 16.5. The summed E-state index contributed by atoms with van der Waals surface area (Å²) in [7, 11) is 0. The van der Waals surface area contributed by atoms with Gasteiger partial charge in [0.2, 0.25) is 0 Å². The summed E-state index contributed by atoms with van der Waals surface area (Å²) in [4.78, 5) is 16.7. The minimum absolute atomic E-state index is 0.0248. The van der Waals surface area contributed by atoms with Gasteiger partial charge in [0.1, 0.15) is 11.3 Å². The second-order valence-electron chi connectivity index (χ2n) is 5.93. The lowest BCUT2D eigenvalue weighted by Gasteiger charge is -1.99. The van der Waals surface area contributed by atoms with E-state index in [0.717, 1.165) is 22.6 Å². The molecular weight excluding hydrogens is 348 g/mol. The van der Waals surface area contributed by atoms with Gasteiger partial charge in [-0.05, 0) is 31.5 Å². The van der Waals surface area contributed by atoms with Crippen LogP contribution in [-0.2, 0) is 0 Å². The number of aromatic nitrogens is 4. The van der Waals surface area contributed by atoms with E-state index in [0.29, 0.717) is 16.7 Å². The van der Waals surface area contributed by atoms with Crippen LogP contribution in [0.25, 0.3) is 17.2 Å². The molecule has 3 heterocycles. The van der Waals surface area contributed by atoms with E-state index in [-0.39, 0.29) is 11.5 Å². The van der Waals surface area contributed by atoms with Gasteiger partial charge < -0.3 is 4.42 Å². The van der Waals surface area contributed by atoms with E-state index in [1.165, 1.54) is 11.8 Å². The van der Waals surface area contributed by atoms with Crippen molar-refractivity contribution in [2.75, 3.05) is 5.75 Å². The van der Waals surface area contributed by atoms with Crippen LogP contribution in [0.2, 0.25) is 0 Å². The molecule has 0 saturated heterocycles. The maximum absolute atomic E-state index is 12.2. The van der Waals surface area contributed by atoms with Crippen molar-refractivity contribution in [1.82, 2.24) is 19.6 Å². The smallest absolute Gasteiger partial charge is 0.277 e. The van der Waals surface area contributed by atoms with Crippen LogP contribution in [0, 0.1) is 13.8 Å². The van der Waals surface area contributed by atoms with Crippen molar-refractivity contribution in [2.45, 2.75) is 19.1 Å². The Bertz CT molecular complexity index is 1090. The fourth-order valence-corrected chi connectivity index (χ4v) is 3.38. The van der Waals surface area contributed by atoms with Gasteiger partial charge in [-0.25, -0.2) is 4.98 Å². The van der Waals surface area contributed by atoms with Gasteiger partial charge in [-0.1, -0.05) is 42.1 Å². The van der Waals surface area contributed by atoms with Gasteiger partial charge >= 0.3 is 0 Å². The average molecular weight is 364 g/mol. The highest BCUT2D eigenvalue weighted by Crippen LogP contribution is 2.27. The summed E-state index contributed by atoms with van der Waals surface area (Å²) < 4.78 is 7.69. The zero-order chi connectivity index (χ0) is 18.1. The topological polar surface area (TPSA) is 73.3 Å². The largest absolute Gasteiger partial charge is 0.410 e. The number of thioether (sulfide) groups is 1. The van der Waals surface area contributed by atoms with E-state index < -0.39 is 0 Å². The summed E-state index contributed by atoms with van der Waals surface area (Å²) >= 11 is 1.24. The van der Waals surface area contributed by atoms with Crippen molar-refractivity contribution < 1.29 is 9.21 Å². The molecule has 0 unspecified atom stereocenters. The molecule has 0 aliphatic carbocycles. The normalized spacial score (nSPS) is 11.2. The van der Waals surface area contributed by atoms with Gasteiger partial charge in [0.25, 0.3) is 11.1 Å². The molecule has 130 valence electrons. The van der Waals surface area contributed by atoms with Gasteiger partial charge in [0, 0.05) is 11.8 Å². The molecule has 0 bridgehead atoms. The fraction of sp³-hybridized carbons (Fsp3) is 0.158. The lowest BCUT2D eigenvalue weighted by atomic mass is 10.2. The molecule has 0 N–H and O–H groups in total. The third kappa shape index (κ3) is 3.13. The molecule has 0 aliphatic heterocycles. The molecule has 4 aromatic rings. The van der Waals surface area contributed by atoms with Crippen LogP contribution < -0.4 is 0 Å². The number of hydrogen-bond donors (Lipinski definition) is 0. The fourth-order valence-electron chi connectivity index (χ4n) is 2.72. The first-order valence-corrected chi connectivity index (χ1v) is 9.10. The summed E-state index contributed by atoms with van der Waals surface area (Å²) in [5.41, 5.74) is 4.23. The van der Waals surface area contributed by atoms with Crippen LogP contribution in [0.5, 0.6) is 0 Å². The minimum Gasteiger partial charge on any atom is -0.410 e. The molecule has 0 radical (unpaired) electrons. The Balaban J connectivity index is 1.55. The number of aryl methyl sites for hydroxylation is 2. The lowest BCUT2D eigenvalue weighted by molar-refractivity contribution is 0.102. The third-order valence-corrected chi connectivity index (χ3v) is 4.81. The number of carbonyl (C=O) groups excluding carboxylic acids is 1. The molecule has 0 fully saturated rings. The summed E-state index contributed by atoms with van der Waals surface area (Å²) in [6, 6.07) is 13.2. The minimum atomic E-state index is 0.0248. The van der Waals surface area contributed by atoms with Crippen LogP contribution in [-0.4, -0.2) is 31.1 Å². The van der Waals surface area contributed by atoms with Crippen LogP contribution in [0.3, 0.4) is 0 Å². The van der Waals surface area contributed by atoms with Gasteiger partial charge in [-0.15, -0.1) is 10.2 Å². The summed E-state index contributed by atoms with van der Waals surface area (Å²) in [6.45, 7) is 3.93. The van der Waals surface area contributed by atoms with E-state index in [2.05, 4.69) is 15.2 Å². The van der Waals surface area contributed by atoms with Crippen LogP contribution >= 0.6 is 11.8 Å². The van der Waals surface area contributed by atoms with Crippen molar-refractivity contribution in [3.8, 4) is 11.6 Å². The number of Topliss-reactive ketones (excluding diaryl/α,β-unsaturated/α-hetero) is 1. The van der Waals surface area contributed by atoms with E-state index in [4.69, 9.17) is 4.42 Å². The number of fused-ring (bicyclic) bond motifs is 1. The average Bonchev–Trinajstić information content (AvgIpc) is 3.23. The molecule has 6 nitrogen and oxygen atoms in total. The number of nitrogens with zero attached hydrogens (tertiary/aromatic N) is 4. The molecule has 0 spiro atoms. The predicted molar refractivity (Wildman–Crippen MR) is 99.5 cm³/mol. The molecule has 0 amide bonds. The number of imidazole rings is 1. The van der Waals surface area contributed by atoms with E-state index in [1.54, 1.807) is 12.1 Å². The second kappa shape index (κ2) is 6.76. The predicted octanol–water partition coefficient (Wildman–Crippen LogP) is 3.98. The maximum Gasteiger partial charge on any atom is 0.277 e. The van der Waals surface area contributed by atoms with Crippen molar-refractivity contribution in [3.63, 3.8) is 0 Å². The molecule has 1 aromatic carbocycles. The summed E-state index contributed by atoms with van der Waals surface area (Å²) in [5, 5.41) is 8.56. The monoisotopic (exact) mass is 364 g/mol. The number of pyridine rings is 1. The Morgan fingerprint density at radius 1 is 1.15 bits per heavy atom. The van der Waals surface area contributed by atoms with E-state index in [1.807, 2.05) is 54.8 Å². The zero-order valence-electron chi connectivity index (χ0n) is 14.3. The van der Waals surface area contributed by atoms with Gasteiger partial charge in [-0.2, -0.15) is 0 Å². The van der Waals surface area contributed by atoms with E-state index in [9.17, 15) is 4.79 Å². The molecule has 0 aliphatic rings. The van der Waals surface area contributed by atoms with Crippen LogP contribution in [0.1, 0.15) is 21.6 Å². The second-order valence-corrected chi connectivity index (χ2v) is 6.86. The van der Waals surface area contributed by atoms with Crippen molar-refractivity contribution in [1.29, 1.82) is 0 Å². The molecule has 0 saturated carbocycles. The Morgan fingerprint density at radius 3 is 2.77 bits per heavy atom. The Morgan fingerprint density at radius 2 is 1.96 bits per heavy atom. The standard InChI is InChI=1S/C19H16N4O2S/c1-12-8-9-23-16(10-12)20-13(2)17(23)18-21-22-19(25-18)26-11-15(24)14-6-4-3-5-7-14/h3-10H,11H2,1-2H3. The number of ketones is 1. The number of carbonyl (C=O) groups is 1. The van der Waals surface area contributed by atoms with Gasteiger partial charge in [0.05, 0.1) is 11.4 Å². The highest BCUT2D eigenvalue weighted by atomic mass is 32.2. The van der Waals surface area contributed by atoms with Gasteiger partial charge in [0.15, 0.2) is 5.78 Å². The molecule has 26 heavy (non-hydrogen) atoms. The van der Waals surface area contributed by atoms with Crippen LogP contribution in [0.4, 0.5) is 0 Å². The van der Waals surface area contributed by atoms with Crippen molar-refractivity contribution in [3.05, 3.63) is 65.5 Å². The molecule has 7 heteroatoms. The number of rotatable bonds is 5. The molecule has 0 atom stereocenters. The SMILES string of the molecule is Cc1ccn2c(-c3nnc(SCC(=O)c4ccccc4)o3)c(C)nc2c1. The zero-order valence-corrected chi connectivity index (χ0v) is 15.2. The summed E-state index contributed by atoms with van der Waals surface area (Å²) in [5.74, 6) is 0.669. The highest BCUT2D eigenvalue weighted by molar-refractivity contribution is 7.99. The lowest BCUT2D eigenvalue weighted by Crippen LogP contribution is -2.01. The maximum atomic E-state index is 12.2. The Kier molecular flexibility index (Phi) is 4.30. The Hall–Kier alpha value is -2.93.